The number of benzene rings is 2. The minimum Gasteiger partial charge on any atom is -0.292 e. The maximum absolute atomic E-state index is 4.96. The molecule has 0 bridgehead atoms. The molecule has 0 N–H and O–H groups in total. The lowest BCUT2D eigenvalue weighted by Crippen LogP contribution is -2.00. The molecule has 2 aromatic carbocycles. The normalized spacial score (nSPS) is 11.1. The second kappa shape index (κ2) is 5.60. The first-order valence-corrected chi connectivity index (χ1v) is 8.14. The number of imidazole rings is 1. The molecule has 3 nitrogen and oxygen atoms in total. The lowest BCUT2D eigenvalue weighted by Gasteiger charge is -2.12. The van der Waals surface area contributed by atoms with Gasteiger partial charge in [-0.05, 0) is 38.5 Å². The van der Waals surface area contributed by atoms with Gasteiger partial charge in [0.25, 0.3) is 0 Å². The van der Waals surface area contributed by atoms with E-state index < -0.39 is 0 Å². The molecule has 24 heavy (non-hydrogen) atoms. The zero-order valence-corrected chi connectivity index (χ0v) is 14.1. The summed E-state index contributed by atoms with van der Waals surface area (Å²) in [5.41, 5.74) is 7.54. The summed E-state index contributed by atoms with van der Waals surface area (Å²) < 4.78 is 2.25. The average Bonchev–Trinajstić information content (AvgIpc) is 3.02. The molecule has 2 heterocycles. The first-order chi connectivity index (χ1) is 11.7. The smallest absolute Gasteiger partial charge is 0.145 e. The van der Waals surface area contributed by atoms with Crippen LogP contribution in [-0.4, -0.2) is 14.5 Å². The average molecular weight is 313 g/mol. The van der Waals surface area contributed by atoms with Crippen molar-refractivity contribution >= 4 is 11.0 Å². The van der Waals surface area contributed by atoms with Crippen LogP contribution < -0.4 is 0 Å². The van der Waals surface area contributed by atoms with Gasteiger partial charge in [-0.25, -0.2) is 4.98 Å². The molecule has 0 saturated heterocycles. The van der Waals surface area contributed by atoms with E-state index in [1.165, 1.54) is 5.56 Å². The quantitative estimate of drug-likeness (QED) is 0.520. The van der Waals surface area contributed by atoms with E-state index in [1.807, 2.05) is 31.2 Å². The second-order valence-corrected chi connectivity index (χ2v) is 6.08. The summed E-state index contributed by atoms with van der Waals surface area (Å²) in [6.45, 7) is 6.22. The Bertz CT molecular complexity index is 1020. The Labute approximate surface area is 141 Å². The maximum Gasteiger partial charge on any atom is 0.145 e. The third-order valence-electron chi connectivity index (χ3n) is 4.50. The number of rotatable bonds is 2. The first-order valence-electron chi connectivity index (χ1n) is 8.14. The van der Waals surface area contributed by atoms with Crippen LogP contribution >= 0.6 is 0 Å². The van der Waals surface area contributed by atoms with Crippen LogP contribution in [0.5, 0.6) is 0 Å². The van der Waals surface area contributed by atoms with Crippen LogP contribution in [0.1, 0.15) is 17.0 Å². The third kappa shape index (κ3) is 2.21. The van der Waals surface area contributed by atoms with Gasteiger partial charge in [0.15, 0.2) is 0 Å². The van der Waals surface area contributed by atoms with E-state index in [2.05, 4.69) is 59.8 Å². The Balaban J connectivity index is 2.17. The van der Waals surface area contributed by atoms with E-state index in [1.54, 1.807) is 0 Å². The van der Waals surface area contributed by atoms with Crippen molar-refractivity contribution in [3.8, 4) is 17.1 Å². The molecule has 0 radical (unpaired) electrons. The lowest BCUT2D eigenvalue weighted by atomic mass is 10.1. The summed E-state index contributed by atoms with van der Waals surface area (Å²) in [6.07, 6.45) is 0. The summed E-state index contributed by atoms with van der Waals surface area (Å²) in [7, 11) is 0. The molecule has 0 aliphatic rings. The number of aromatic nitrogens is 3. The summed E-state index contributed by atoms with van der Waals surface area (Å²) in [5, 5.41) is 0. The number of hydrogen-bond acceptors (Lipinski definition) is 2. The van der Waals surface area contributed by atoms with Crippen LogP contribution in [-0.2, 0) is 0 Å². The summed E-state index contributed by atoms with van der Waals surface area (Å²) in [6, 6.07) is 20.7. The molecule has 0 aliphatic heterocycles. The molecule has 0 atom stereocenters. The van der Waals surface area contributed by atoms with E-state index in [-0.39, 0.29) is 0 Å². The number of fused-ring (bicyclic) bond motifs is 1. The largest absolute Gasteiger partial charge is 0.292 e. The molecule has 4 aromatic rings. The van der Waals surface area contributed by atoms with Crippen molar-refractivity contribution in [2.75, 3.05) is 0 Å². The molecule has 0 aliphatic carbocycles. The highest BCUT2D eigenvalue weighted by Gasteiger charge is 2.19. The number of nitrogens with zero attached hydrogens (tertiary/aromatic N) is 3. The fraction of sp³-hybridized carbons (Fsp3) is 0.143. The van der Waals surface area contributed by atoms with Crippen LogP contribution in [0, 0.1) is 20.8 Å². The Morgan fingerprint density at radius 1 is 0.708 bits per heavy atom. The molecule has 2 aromatic heterocycles. The minimum absolute atomic E-state index is 0.954. The van der Waals surface area contributed by atoms with E-state index in [4.69, 9.17) is 4.98 Å². The molecule has 0 saturated carbocycles. The minimum atomic E-state index is 0.954. The van der Waals surface area contributed by atoms with Gasteiger partial charge >= 0.3 is 0 Å². The molecular formula is C21H19N3. The van der Waals surface area contributed by atoms with Gasteiger partial charge in [0.05, 0.1) is 11.2 Å². The SMILES string of the molecule is Cc1nc(C)c2nc(-c3ccccc3)n(-c3ccccc3)c2c1C. The van der Waals surface area contributed by atoms with Crippen molar-refractivity contribution in [1.29, 1.82) is 0 Å². The number of hydrogen-bond donors (Lipinski definition) is 0. The van der Waals surface area contributed by atoms with Crippen molar-refractivity contribution in [3.05, 3.63) is 77.6 Å². The Kier molecular flexibility index (Phi) is 3.42. The Morgan fingerprint density at radius 3 is 2.00 bits per heavy atom. The monoisotopic (exact) mass is 313 g/mol. The predicted octanol–water partition coefficient (Wildman–Crippen LogP) is 5.01. The lowest BCUT2D eigenvalue weighted by molar-refractivity contribution is 1.08. The first kappa shape index (κ1) is 14.6. The number of para-hydroxylation sites is 1. The molecule has 0 unspecified atom stereocenters. The molecule has 3 heteroatoms. The van der Waals surface area contributed by atoms with Gasteiger partial charge in [-0.2, -0.15) is 0 Å². The van der Waals surface area contributed by atoms with Crippen LogP contribution in [0.3, 0.4) is 0 Å². The number of aryl methyl sites for hydroxylation is 3. The van der Waals surface area contributed by atoms with Crippen molar-refractivity contribution in [3.63, 3.8) is 0 Å². The molecule has 118 valence electrons. The van der Waals surface area contributed by atoms with Gasteiger partial charge in [0, 0.05) is 16.9 Å². The molecule has 0 spiro atoms. The van der Waals surface area contributed by atoms with E-state index in [9.17, 15) is 0 Å². The van der Waals surface area contributed by atoms with E-state index in [0.717, 1.165) is 39.5 Å². The molecule has 0 fully saturated rings. The van der Waals surface area contributed by atoms with Gasteiger partial charge in [-0.3, -0.25) is 9.55 Å². The predicted molar refractivity (Wildman–Crippen MR) is 98.5 cm³/mol. The highest BCUT2D eigenvalue weighted by atomic mass is 15.1. The highest BCUT2D eigenvalue weighted by molar-refractivity contribution is 5.87. The second-order valence-electron chi connectivity index (χ2n) is 6.08. The van der Waals surface area contributed by atoms with Crippen molar-refractivity contribution < 1.29 is 0 Å². The summed E-state index contributed by atoms with van der Waals surface area (Å²) in [5.74, 6) is 0.954. The Hall–Kier alpha value is -2.94. The zero-order chi connectivity index (χ0) is 16.7. The fourth-order valence-corrected chi connectivity index (χ4v) is 3.19. The van der Waals surface area contributed by atoms with Crippen LogP contribution in [0.2, 0.25) is 0 Å². The molecule has 0 amide bonds. The maximum atomic E-state index is 4.96. The summed E-state index contributed by atoms with van der Waals surface area (Å²) >= 11 is 0. The Morgan fingerprint density at radius 2 is 1.33 bits per heavy atom. The van der Waals surface area contributed by atoms with Crippen LogP contribution in [0.25, 0.3) is 28.1 Å². The zero-order valence-electron chi connectivity index (χ0n) is 14.1. The van der Waals surface area contributed by atoms with Crippen molar-refractivity contribution in [2.24, 2.45) is 0 Å². The van der Waals surface area contributed by atoms with Gasteiger partial charge in [0.2, 0.25) is 0 Å². The standard InChI is InChI=1S/C21H19N3/c1-14-15(2)22-16(3)19-20(14)24(18-12-8-5-9-13-18)21(23-19)17-10-6-4-7-11-17/h4-13H,1-3H3. The van der Waals surface area contributed by atoms with E-state index >= 15 is 0 Å². The van der Waals surface area contributed by atoms with Gasteiger partial charge in [-0.1, -0.05) is 48.5 Å². The topological polar surface area (TPSA) is 30.7 Å². The molecular weight excluding hydrogens is 294 g/mol. The fourth-order valence-electron chi connectivity index (χ4n) is 3.19. The van der Waals surface area contributed by atoms with Crippen molar-refractivity contribution in [1.82, 2.24) is 14.5 Å². The van der Waals surface area contributed by atoms with Gasteiger partial charge < -0.3 is 0 Å². The van der Waals surface area contributed by atoms with Gasteiger partial charge in [-0.15, -0.1) is 0 Å². The van der Waals surface area contributed by atoms with Crippen LogP contribution in [0.15, 0.2) is 60.7 Å². The molecule has 4 rings (SSSR count). The third-order valence-corrected chi connectivity index (χ3v) is 4.50. The number of pyridine rings is 1. The van der Waals surface area contributed by atoms with Crippen LogP contribution in [0.4, 0.5) is 0 Å². The van der Waals surface area contributed by atoms with E-state index in [0.29, 0.717) is 0 Å². The van der Waals surface area contributed by atoms with Gasteiger partial charge in [0.1, 0.15) is 11.3 Å². The highest BCUT2D eigenvalue weighted by Crippen LogP contribution is 2.32. The summed E-state index contributed by atoms with van der Waals surface area (Å²) in [4.78, 5) is 9.63. The van der Waals surface area contributed by atoms with Crippen molar-refractivity contribution in [2.45, 2.75) is 20.8 Å².